The molecule has 0 atom stereocenters. The van der Waals surface area contributed by atoms with Crippen LogP contribution in [0.2, 0.25) is 0 Å². The first kappa shape index (κ1) is 10.6. The molecule has 0 aliphatic heterocycles. The summed E-state index contributed by atoms with van der Waals surface area (Å²) in [5.41, 5.74) is 2.80. The molecular formula is C14H14O2. The van der Waals surface area contributed by atoms with Crippen molar-refractivity contribution in [1.82, 2.24) is 0 Å². The van der Waals surface area contributed by atoms with Crippen molar-refractivity contribution in [3.63, 3.8) is 0 Å². The molecule has 2 nitrogen and oxygen atoms in total. The predicted molar refractivity (Wildman–Crippen MR) is 64.6 cm³/mol. The summed E-state index contributed by atoms with van der Waals surface area (Å²) in [4.78, 5) is 0. The zero-order chi connectivity index (χ0) is 11.5. The van der Waals surface area contributed by atoms with E-state index >= 15 is 0 Å². The Morgan fingerprint density at radius 3 is 2.44 bits per heavy atom. The topological polar surface area (TPSA) is 40.5 Å². The normalized spacial score (nSPS) is 10.3. The van der Waals surface area contributed by atoms with E-state index in [9.17, 15) is 10.2 Å². The van der Waals surface area contributed by atoms with Crippen LogP contribution >= 0.6 is 0 Å². The van der Waals surface area contributed by atoms with Gasteiger partial charge >= 0.3 is 0 Å². The molecule has 2 rings (SSSR count). The maximum absolute atomic E-state index is 9.76. The van der Waals surface area contributed by atoms with Gasteiger partial charge in [0.1, 0.15) is 11.5 Å². The van der Waals surface area contributed by atoms with Crippen LogP contribution in [0.15, 0.2) is 42.5 Å². The van der Waals surface area contributed by atoms with Crippen molar-refractivity contribution in [2.24, 2.45) is 0 Å². The van der Waals surface area contributed by atoms with Crippen molar-refractivity contribution in [2.75, 3.05) is 0 Å². The molecule has 0 bridgehead atoms. The van der Waals surface area contributed by atoms with Crippen LogP contribution in [0.1, 0.15) is 12.5 Å². The third-order valence-corrected chi connectivity index (χ3v) is 2.66. The predicted octanol–water partition coefficient (Wildman–Crippen LogP) is 3.33. The molecule has 0 radical (unpaired) electrons. The summed E-state index contributed by atoms with van der Waals surface area (Å²) >= 11 is 0. The zero-order valence-corrected chi connectivity index (χ0v) is 9.14. The fourth-order valence-electron chi connectivity index (χ4n) is 1.89. The lowest BCUT2D eigenvalue weighted by atomic mass is 9.97. The minimum Gasteiger partial charge on any atom is -0.508 e. The molecule has 0 saturated heterocycles. The summed E-state index contributed by atoms with van der Waals surface area (Å²) in [6.07, 6.45) is 0.762. The molecule has 16 heavy (non-hydrogen) atoms. The van der Waals surface area contributed by atoms with Gasteiger partial charge in [-0.3, -0.25) is 0 Å². The summed E-state index contributed by atoms with van der Waals surface area (Å²) < 4.78 is 0. The molecule has 0 saturated carbocycles. The van der Waals surface area contributed by atoms with Gasteiger partial charge in [0.05, 0.1) is 0 Å². The lowest BCUT2D eigenvalue weighted by Gasteiger charge is -2.10. The molecule has 0 heterocycles. The summed E-state index contributed by atoms with van der Waals surface area (Å²) in [6, 6.07) is 12.5. The second-order valence-electron chi connectivity index (χ2n) is 3.71. The monoisotopic (exact) mass is 214 g/mol. The molecule has 0 unspecified atom stereocenters. The Morgan fingerprint density at radius 1 is 1.00 bits per heavy atom. The second kappa shape index (κ2) is 4.27. The number of phenolic OH excluding ortho intramolecular Hbond substituents is 2. The smallest absolute Gasteiger partial charge is 0.119 e. The van der Waals surface area contributed by atoms with E-state index in [2.05, 4.69) is 0 Å². The number of hydrogen-bond donors (Lipinski definition) is 2. The molecule has 0 spiro atoms. The van der Waals surface area contributed by atoms with E-state index in [0.717, 1.165) is 23.1 Å². The molecule has 2 aromatic rings. The molecule has 0 aliphatic rings. The van der Waals surface area contributed by atoms with Crippen LogP contribution in [-0.4, -0.2) is 10.2 Å². The molecule has 0 fully saturated rings. The Labute approximate surface area is 94.8 Å². The second-order valence-corrected chi connectivity index (χ2v) is 3.71. The van der Waals surface area contributed by atoms with Gasteiger partial charge in [-0.05, 0) is 35.7 Å². The van der Waals surface area contributed by atoms with Crippen molar-refractivity contribution in [3.8, 4) is 22.6 Å². The van der Waals surface area contributed by atoms with E-state index in [4.69, 9.17) is 0 Å². The van der Waals surface area contributed by atoms with Gasteiger partial charge in [-0.15, -0.1) is 0 Å². The fourth-order valence-corrected chi connectivity index (χ4v) is 1.89. The zero-order valence-electron chi connectivity index (χ0n) is 9.14. The Hall–Kier alpha value is -1.96. The highest BCUT2D eigenvalue weighted by Gasteiger charge is 2.07. The first-order chi connectivity index (χ1) is 7.72. The van der Waals surface area contributed by atoms with Gasteiger partial charge in [-0.1, -0.05) is 31.2 Å². The summed E-state index contributed by atoms with van der Waals surface area (Å²) in [7, 11) is 0. The molecule has 2 N–H and O–H groups in total. The number of phenols is 2. The third kappa shape index (κ3) is 1.87. The summed E-state index contributed by atoms with van der Waals surface area (Å²) in [5.74, 6) is 0.547. The third-order valence-electron chi connectivity index (χ3n) is 2.66. The molecular weight excluding hydrogens is 200 g/mol. The van der Waals surface area contributed by atoms with Crippen LogP contribution in [0.5, 0.6) is 11.5 Å². The van der Waals surface area contributed by atoms with Gasteiger partial charge in [-0.2, -0.15) is 0 Å². The maximum atomic E-state index is 9.76. The van der Waals surface area contributed by atoms with Gasteiger partial charge in [0.2, 0.25) is 0 Å². The summed E-state index contributed by atoms with van der Waals surface area (Å²) in [5, 5.41) is 19.2. The number of benzene rings is 2. The van der Waals surface area contributed by atoms with Gasteiger partial charge in [0.25, 0.3) is 0 Å². The maximum Gasteiger partial charge on any atom is 0.119 e. The average molecular weight is 214 g/mol. The molecule has 82 valence electrons. The highest BCUT2D eigenvalue weighted by molar-refractivity contribution is 5.71. The van der Waals surface area contributed by atoms with Crippen molar-refractivity contribution in [1.29, 1.82) is 0 Å². The molecule has 0 aromatic heterocycles. The van der Waals surface area contributed by atoms with E-state index in [0.29, 0.717) is 5.75 Å². The highest BCUT2D eigenvalue weighted by Crippen LogP contribution is 2.31. The summed E-state index contributed by atoms with van der Waals surface area (Å²) in [6.45, 7) is 2.00. The van der Waals surface area contributed by atoms with E-state index in [1.165, 1.54) is 0 Å². The van der Waals surface area contributed by atoms with Gasteiger partial charge in [0, 0.05) is 5.56 Å². The van der Waals surface area contributed by atoms with Crippen molar-refractivity contribution >= 4 is 0 Å². The molecule has 0 amide bonds. The molecule has 0 aliphatic carbocycles. The fraction of sp³-hybridized carbons (Fsp3) is 0.143. The molecule has 2 aromatic carbocycles. The Morgan fingerprint density at radius 2 is 1.75 bits per heavy atom. The van der Waals surface area contributed by atoms with Crippen LogP contribution in [0.3, 0.4) is 0 Å². The van der Waals surface area contributed by atoms with Gasteiger partial charge in [-0.25, -0.2) is 0 Å². The van der Waals surface area contributed by atoms with Crippen LogP contribution in [0.25, 0.3) is 11.1 Å². The van der Waals surface area contributed by atoms with Gasteiger partial charge in [0.15, 0.2) is 0 Å². The first-order valence-electron chi connectivity index (χ1n) is 5.32. The lowest BCUT2D eigenvalue weighted by Crippen LogP contribution is -1.88. The minimum atomic E-state index is 0.239. The Kier molecular flexibility index (Phi) is 2.82. The number of aromatic hydroxyl groups is 2. The van der Waals surface area contributed by atoms with E-state index in [-0.39, 0.29) is 5.75 Å². The van der Waals surface area contributed by atoms with E-state index < -0.39 is 0 Å². The standard InChI is InChI=1S/C14H14O2/c1-2-12-13(7-4-8-14(12)16)10-5-3-6-11(15)9-10/h3-9,15-16H,2H2,1H3. The van der Waals surface area contributed by atoms with Crippen LogP contribution in [0, 0.1) is 0 Å². The van der Waals surface area contributed by atoms with Crippen molar-refractivity contribution in [2.45, 2.75) is 13.3 Å². The van der Waals surface area contributed by atoms with Crippen LogP contribution in [0.4, 0.5) is 0 Å². The number of hydrogen-bond acceptors (Lipinski definition) is 2. The number of rotatable bonds is 2. The largest absolute Gasteiger partial charge is 0.508 e. The van der Waals surface area contributed by atoms with Crippen molar-refractivity contribution < 1.29 is 10.2 Å². The van der Waals surface area contributed by atoms with E-state index in [1.807, 2.05) is 25.1 Å². The SMILES string of the molecule is CCc1c(O)cccc1-c1cccc(O)c1. The minimum absolute atomic E-state index is 0.239. The van der Waals surface area contributed by atoms with Crippen LogP contribution in [-0.2, 0) is 6.42 Å². The van der Waals surface area contributed by atoms with E-state index in [1.54, 1.807) is 24.3 Å². The Bertz CT molecular complexity index is 504. The quantitative estimate of drug-likeness (QED) is 0.805. The Balaban J connectivity index is 2.60. The average Bonchev–Trinajstić information content (AvgIpc) is 2.28. The lowest BCUT2D eigenvalue weighted by molar-refractivity contribution is 0.469. The van der Waals surface area contributed by atoms with Crippen molar-refractivity contribution in [3.05, 3.63) is 48.0 Å². The van der Waals surface area contributed by atoms with Crippen LogP contribution < -0.4 is 0 Å². The molecule has 2 heteroatoms. The highest BCUT2D eigenvalue weighted by atomic mass is 16.3. The first-order valence-corrected chi connectivity index (χ1v) is 5.32. The van der Waals surface area contributed by atoms with Gasteiger partial charge < -0.3 is 10.2 Å².